The second-order valence-electron chi connectivity index (χ2n) is 4.40. The molecule has 0 saturated carbocycles. The van der Waals surface area contributed by atoms with E-state index < -0.39 is 0 Å². The Labute approximate surface area is 122 Å². The van der Waals surface area contributed by atoms with Gasteiger partial charge in [0.25, 0.3) is 5.91 Å². The number of carbonyl (C=O) groups is 1. The van der Waals surface area contributed by atoms with Crippen LogP contribution in [0, 0.1) is 0 Å². The minimum absolute atomic E-state index is 0.00860. The number of carbonyl (C=O) groups excluding carboxylic acids is 1. The molecular formula is C15H18N2O2S. The SMILES string of the molecule is CCC(NC(=O)COc1cccc(N)c1)c1cccs1. The molecule has 20 heavy (non-hydrogen) atoms. The van der Waals surface area contributed by atoms with Gasteiger partial charge in [-0.1, -0.05) is 19.1 Å². The van der Waals surface area contributed by atoms with Gasteiger partial charge in [-0.25, -0.2) is 0 Å². The summed E-state index contributed by atoms with van der Waals surface area (Å²) in [6.45, 7) is 2.04. The maximum Gasteiger partial charge on any atom is 0.258 e. The Kier molecular flexibility index (Phi) is 5.01. The van der Waals surface area contributed by atoms with E-state index >= 15 is 0 Å². The fraction of sp³-hybridized carbons (Fsp3) is 0.267. The molecule has 4 nitrogen and oxygen atoms in total. The summed E-state index contributed by atoms with van der Waals surface area (Å²) in [5.41, 5.74) is 6.27. The molecule has 106 valence electrons. The van der Waals surface area contributed by atoms with Crippen molar-refractivity contribution in [2.75, 3.05) is 12.3 Å². The molecule has 1 aromatic carbocycles. The second-order valence-corrected chi connectivity index (χ2v) is 5.38. The first-order valence-electron chi connectivity index (χ1n) is 6.50. The molecule has 1 heterocycles. The van der Waals surface area contributed by atoms with Crippen LogP contribution < -0.4 is 15.8 Å². The normalized spacial score (nSPS) is 11.8. The van der Waals surface area contributed by atoms with Gasteiger partial charge in [-0.15, -0.1) is 11.3 Å². The predicted octanol–water partition coefficient (Wildman–Crippen LogP) is 2.98. The summed E-state index contributed by atoms with van der Waals surface area (Å²) in [5, 5.41) is 4.98. The first kappa shape index (κ1) is 14.4. The number of nitrogens with two attached hydrogens (primary N) is 1. The van der Waals surface area contributed by atoms with E-state index in [-0.39, 0.29) is 18.6 Å². The summed E-state index contributed by atoms with van der Waals surface area (Å²) in [6.07, 6.45) is 0.852. The molecule has 5 heteroatoms. The molecule has 2 rings (SSSR count). The Morgan fingerprint density at radius 3 is 2.90 bits per heavy atom. The zero-order chi connectivity index (χ0) is 14.4. The summed E-state index contributed by atoms with van der Waals surface area (Å²) in [6, 6.07) is 11.1. The Hall–Kier alpha value is -2.01. The number of nitrogen functional groups attached to an aromatic ring is 1. The second kappa shape index (κ2) is 6.96. The Morgan fingerprint density at radius 2 is 2.25 bits per heavy atom. The molecule has 0 spiro atoms. The number of nitrogens with one attached hydrogen (secondary N) is 1. The Morgan fingerprint density at radius 1 is 1.40 bits per heavy atom. The zero-order valence-electron chi connectivity index (χ0n) is 11.3. The molecule has 3 N–H and O–H groups in total. The Bertz CT molecular complexity index is 555. The van der Waals surface area contributed by atoms with Gasteiger partial charge in [-0.2, -0.15) is 0 Å². The van der Waals surface area contributed by atoms with Crippen LogP contribution in [0.25, 0.3) is 0 Å². The fourth-order valence-electron chi connectivity index (χ4n) is 1.85. The van der Waals surface area contributed by atoms with E-state index in [4.69, 9.17) is 10.5 Å². The highest BCUT2D eigenvalue weighted by Crippen LogP contribution is 2.21. The summed E-state index contributed by atoms with van der Waals surface area (Å²) in [4.78, 5) is 13.1. The van der Waals surface area contributed by atoms with E-state index in [0.717, 1.165) is 11.3 Å². The van der Waals surface area contributed by atoms with Gasteiger partial charge in [0.05, 0.1) is 6.04 Å². The number of rotatable bonds is 6. The van der Waals surface area contributed by atoms with Gasteiger partial charge in [0.1, 0.15) is 5.75 Å². The third-order valence-electron chi connectivity index (χ3n) is 2.86. The average Bonchev–Trinajstić information content (AvgIpc) is 2.96. The van der Waals surface area contributed by atoms with Crippen molar-refractivity contribution in [3.63, 3.8) is 0 Å². The van der Waals surface area contributed by atoms with Crippen molar-refractivity contribution in [1.29, 1.82) is 0 Å². The minimum atomic E-state index is -0.132. The van der Waals surface area contributed by atoms with Crippen LogP contribution in [0.2, 0.25) is 0 Å². The first-order chi connectivity index (χ1) is 9.69. The van der Waals surface area contributed by atoms with E-state index in [2.05, 4.69) is 5.32 Å². The minimum Gasteiger partial charge on any atom is -0.484 e. The first-order valence-corrected chi connectivity index (χ1v) is 7.38. The van der Waals surface area contributed by atoms with Crippen LogP contribution >= 0.6 is 11.3 Å². The molecule has 0 aliphatic rings. The molecule has 0 aliphatic carbocycles. The lowest BCUT2D eigenvalue weighted by Gasteiger charge is -2.15. The lowest BCUT2D eigenvalue weighted by Crippen LogP contribution is -2.32. The summed E-state index contributed by atoms with van der Waals surface area (Å²) >= 11 is 1.64. The standard InChI is InChI=1S/C15H18N2O2S/c1-2-13(14-7-4-8-20-14)17-15(18)10-19-12-6-3-5-11(16)9-12/h3-9,13H,2,10,16H2,1H3,(H,17,18). The van der Waals surface area contributed by atoms with Crippen LogP contribution in [0.1, 0.15) is 24.3 Å². The smallest absolute Gasteiger partial charge is 0.258 e. The maximum absolute atomic E-state index is 11.9. The van der Waals surface area contributed by atoms with Crippen molar-refractivity contribution < 1.29 is 9.53 Å². The van der Waals surface area contributed by atoms with Crippen molar-refractivity contribution in [2.45, 2.75) is 19.4 Å². The largest absolute Gasteiger partial charge is 0.484 e. The molecule has 0 fully saturated rings. The molecule has 0 radical (unpaired) electrons. The molecule has 1 unspecified atom stereocenters. The van der Waals surface area contributed by atoms with Crippen LogP contribution in [0.3, 0.4) is 0 Å². The van der Waals surface area contributed by atoms with Gasteiger partial charge in [0, 0.05) is 16.6 Å². The highest BCUT2D eigenvalue weighted by Gasteiger charge is 2.13. The third kappa shape index (κ3) is 3.99. The van der Waals surface area contributed by atoms with Gasteiger partial charge < -0.3 is 15.8 Å². The number of thiophene rings is 1. The van der Waals surface area contributed by atoms with Gasteiger partial charge in [0.2, 0.25) is 0 Å². The number of amides is 1. The van der Waals surface area contributed by atoms with Crippen LogP contribution in [-0.4, -0.2) is 12.5 Å². The number of benzene rings is 1. The number of hydrogen-bond donors (Lipinski definition) is 2. The third-order valence-corrected chi connectivity index (χ3v) is 3.84. The van der Waals surface area contributed by atoms with E-state index in [9.17, 15) is 4.79 Å². The molecule has 0 aliphatic heterocycles. The quantitative estimate of drug-likeness (QED) is 0.804. The van der Waals surface area contributed by atoms with Crippen molar-refractivity contribution in [3.8, 4) is 5.75 Å². The van der Waals surface area contributed by atoms with Crippen molar-refractivity contribution in [2.24, 2.45) is 0 Å². The van der Waals surface area contributed by atoms with Gasteiger partial charge in [0.15, 0.2) is 6.61 Å². The molecule has 1 amide bonds. The van der Waals surface area contributed by atoms with Crippen LogP contribution in [0.4, 0.5) is 5.69 Å². The van der Waals surface area contributed by atoms with Crippen molar-refractivity contribution in [3.05, 3.63) is 46.7 Å². The van der Waals surface area contributed by atoms with E-state index in [1.807, 2.05) is 24.4 Å². The molecule has 2 aromatic rings. The van der Waals surface area contributed by atoms with Crippen molar-refractivity contribution in [1.82, 2.24) is 5.32 Å². The fourth-order valence-corrected chi connectivity index (χ4v) is 2.71. The van der Waals surface area contributed by atoms with Crippen LogP contribution in [0.5, 0.6) is 5.75 Å². The monoisotopic (exact) mass is 290 g/mol. The highest BCUT2D eigenvalue weighted by molar-refractivity contribution is 7.10. The summed E-state index contributed by atoms with van der Waals surface area (Å²) in [5.74, 6) is 0.469. The van der Waals surface area contributed by atoms with E-state index in [0.29, 0.717) is 11.4 Å². The summed E-state index contributed by atoms with van der Waals surface area (Å²) < 4.78 is 5.42. The average molecular weight is 290 g/mol. The summed E-state index contributed by atoms with van der Waals surface area (Å²) in [7, 11) is 0. The molecule has 1 aromatic heterocycles. The predicted molar refractivity (Wildman–Crippen MR) is 81.8 cm³/mol. The molecule has 0 saturated heterocycles. The van der Waals surface area contributed by atoms with Crippen LogP contribution in [-0.2, 0) is 4.79 Å². The zero-order valence-corrected chi connectivity index (χ0v) is 12.2. The number of ether oxygens (including phenoxy) is 1. The topological polar surface area (TPSA) is 64.3 Å². The molecule has 0 bridgehead atoms. The van der Waals surface area contributed by atoms with Crippen LogP contribution in [0.15, 0.2) is 41.8 Å². The van der Waals surface area contributed by atoms with Gasteiger partial charge >= 0.3 is 0 Å². The number of hydrogen-bond acceptors (Lipinski definition) is 4. The van der Waals surface area contributed by atoms with Gasteiger partial charge in [-0.3, -0.25) is 4.79 Å². The van der Waals surface area contributed by atoms with E-state index in [1.54, 1.807) is 35.6 Å². The highest BCUT2D eigenvalue weighted by atomic mass is 32.1. The van der Waals surface area contributed by atoms with E-state index in [1.165, 1.54) is 0 Å². The maximum atomic E-state index is 11.9. The molecular weight excluding hydrogens is 272 g/mol. The molecule has 1 atom stereocenters. The Balaban J connectivity index is 1.86. The van der Waals surface area contributed by atoms with Crippen molar-refractivity contribution >= 4 is 22.9 Å². The number of anilines is 1. The van der Waals surface area contributed by atoms with Gasteiger partial charge in [-0.05, 0) is 30.0 Å². The lowest BCUT2D eigenvalue weighted by atomic mass is 10.2. The lowest BCUT2D eigenvalue weighted by molar-refractivity contribution is -0.123.